The van der Waals surface area contributed by atoms with E-state index in [2.05, 4.69) is 33.0 Å². The van der Waals surface area contributed by atoms with Gasteiger partial charge in [0.1, 0.15) is 0 Å². The van der Waals surface area contributed by atoms with Crippen molar-refractivity contribution in [1.82, 2.24) is 5.32 Å². The van der Waals surface area contributed by atoms with Gasteiger partial charge in [-0.3, -0.25) is 0 Å². The summed E-state index contributed by atoms with van der Waals surface area (Å²) in [5, 5.41) is 3.57. The highest BCUT2D eigenvalue weighted by molar-refractivity contribution is 5.11. The van der Waals surface area contributed by atoms with E-state index in [4.69, 9.17) is 4.74 Å². The standard InChI is InChI=1S/C11H23NO/c1-6-7-12-9-8-11(4,13-5)10(9,2)3/h9,12H,6-8H2,1-5H3. The van der Waals surface area contributed by atoms with Crippen LogP contribution in [0.15, 0.2) is 0 Å². The Morgan fingerprint density at radius 3 is 2.38 bits per heavy atom. The molecular formula is C11H23NO. The van der Waals surface area contributed by atoms with Gasteiger partial charge in [0.05, 0.1) is 5.60 Å². The second-order valence-electron chi connectivity index (χ2n) is 4.87. The Bertz CT molecular complexity index is 179. The Hall–Kier alpha value is -0.0800. The third-order valence-corrected chi connectivity index (χ3v) is 3.92. The van der Waals surface area contributed by atoms with E-state index < -0.39 is 0 Å². The predicted molar refractivity (Wildman–Crippen MR) is 55.9 cm³/mol. The Labute approximate surface area is 82.0 Å². The molecule has 1 fully saturated rings. The van der Waals surface area contributed by atoms with Gasteiger partial charge in [-0.2, -0.15) is 0 Å². The van der Waals surface area contributed by atoms with Gasteiger partial charge >= 0.3 is 0 Å². The molecule has 2 unspecified atom stereocenters. The van der Waals surface area contributed by atoms with E-state index in [0.29, 0.717) is 6.04 Å². The first-order chi connectivity index (χ1) is 5.98. The summed E-state index contributed by atoms with van der Waals surface area (Å²) in [4.78, 5) is 0. The average Bonchev–Trinajstić information content (AvgIpc) is 2.11. The van der Waals surface area contributed by atoms with Crippen molar-refractivity contribution in [3.05, 3.63) is 0 Å². The van der Waals surface area contributed by atoms with Gasteiger partial charge in [0.2, 0.25) is 0 Å². The number of hydrogen-bond acceptors (Lipinski definition) is 2. The van der Waals surface area contributed by atoms with Gasteiger partial charge in [-0.15, -0.1) is 0 Å². The molecule has 0 heterocycles. The zero-order valence-corrected chi connectivity index (χ0v) is 9.61. The summed E-state index contributed by atoms with van der Waals surface area (Å²) in [6.45, 7) is 10.1. The second kappa shape index (κ2) is 3.58. The van der Waals surface area contributed by atoms with Crippen molar-refractivity contribution in [3.63, 3.8) is 0 Å². The molecule has 0 aromatic rings. The van der Waals surface area contributed by atoms with E-state index in [1.807, 2.05) is 7.11 Å². The monoisotopic (exact) mass is 185 g/mol. The lowest BCUT2D eigenvalue weighted by Gasteiger charge is -2.59. The van der Waals surface area contributed by atoms with Crippen molar-refractivity contribution in [2.75, 3.05) is 13.7 Å². The van der Waals surface area contributed by atoms with Crippen LogP contribution >= 0.6 is 0 Å². The first kappa shape index (κ1) is 11.0. The molecule has 1 aliphatic rings. The maximum atomic E-state index is 5.56. The molecule has 0 saturated heterocycles. The van der Waals surface area contributed by atoms with Crippen LogP contribution in [0.3, 0.4) is 0 Å². The lowest BCUT2D eigenvalue weighted by Crippen LogP contribution is -2.67. The summed E-state index contributed by atoms with van der Waals surface area (Å²) < 4.78 is 5.56. The zero-order valence-electron chi connectivity index (χ0n) is 9.61. The Balaban J connectivity index is 2.49. The maximum Gasteiger partial charge on any atom is 0.0731 e. The lowest BCUT2D eigenvalue weighted by atomic mass is 9.56. The highest BCUT2D eigenvalue weighted by Gasteiger charge is 2.57. The van der Waals surface area contributed by atoms with Crippen molar-refractivity contribution < 1.29 is 4.74 Å². The number of rotatable bonds is 4. The Kier molecular flexibility index (Phi) is 3.03. The molecule has 1 aliphatic carbocycles. The van der Waals surface area contributed by atoms with Crippen LogP contribution in [0, 0.1) is 5.41 Å². The molecule has 1 N–H and O–H groups in total. The number of ether oxygens (including phenoxy) is 1. The summed E-state index contributed by atoms with van der Waals surface area (Å²) in [7, 11) is 1.82. The quantitative estimate of drug-likeness (QED) is 0.725. The fraction of sp³-hybridized carbons (Fsp3) is 1.00. The number of nitrogens with one attached hydrogen (secondary N) is 1. The largest absolute Gasteiger partial charge is 0.378 e. The molecule has 0 aliphatic heterocycles. The van der Waals surface area contributed by atoms with Crippen molar-refractivity contribution >= 4 is 0 Å². The highest BCUT2D eigenvalue weighted by Crippen LogP contribution is 2.51. The normalized spacial score (nSPS) is 37.2. The Morgan fingerprint density at radius 2 is 2.00 bits per heavy atom. The molecule has 0 aromatic heterocycles. The van der Waals surface area contributed by atoms with Gasteiger partial charge in [-0.25, -0.2) is 0 Å². The van der Waals surface area contributed by atoms with Crippen LogP contribution in [0.4, 0.5) is 0 Å². The van der Waals surface area contributed by atoms with E-state index in [-0.39, 0.29) is 11.0 Å². The third-order valence-electron chi connectivity index (χ3n) is 3.92. The second-order valence-corrected chi connectivity index (χ2v) is 4.87. The van der Waals surface area contributed by atoms with E-state index in [9.17, 15) is 0 Å². The molecule has 78 valence electrons. The average molecular weight is 185 g/mol. The molecule has 1 rings (SSSR count). The molecule has 0 spiro atoms. The van der Waals surface area contributed by atoms with Crippen LogP contribution in [-0.2, 0) is 4.74 Å². The van der Waals surface area contributed by atoms with Crippen LogP contribution in [-0.4, -0.2) is 25.3 Å². The van der Waals surface area contributed by atoms with Crippen molar-refractivity contribution in [1.29, 1.82) is 0 Å². The lowest BCUT2D eigenvalue weighted by molar-refractivity contribution is -0.180. The van der Waals surface area contributed by atoms with Crippen LogP contribution in [0.1, 0.15) is 40.5 Å². The molecule has 0 radical (unpaired) electrons. The molecule has 13 heavy (non-hydrogen) atoms. The third kappa shape index (κ3) is 1.62. The Morgan fingerprint density at radius 1 is 1.38 bits per heavy atom. The summed E-state index contributed by atoms with van der Waals surface area (Å²) in [6, 6.07) is 0.623. The van der Waals surface area contributed by atoms with Gasteiger partial charge in [0.25, 0.3) is 0 Å². The maximum absolute atomic E-state index is 5.56. The molecular weight excluding hydrogens is 162 g/mol. The van der Waals surface area contributed by atoms with Crippen molar-refractivity contribution in [3.8, 4) is 0 Å². The molecule has 1 saturated carbocycles. The number of methoxy groups -OCH3 is 1. The van der Waals surface area contributed by atoms with E-state index in [0.717, 1.165) is 13.0 Å². The fourth-order valence-corrected chi connectivity index (χ4v) is 2.14. The van der Waals surface area contributed by atoms with Crippen LogP contribution in [0.2, 0.25) is 0 Å². The van der Waals surface area contributed by atoms with Gasteiger partial charge < -0.3 is 10.1 Å². The fourth-order valence-electron chi connectivity index (χ4n) is 2.14. The number of hydrogen-bond donors (Lipinski definition) is 1. The van der Waals surface area contributed by atoms with Crippen LogP contribution in [0.5, 0.6) is 0 Å². The van der Waals surface area contributed by atoms with Gasteiger partial charge in [0, 0.05) is 18.6 Å². The molecule has 2 heteroatoms. The summed E-state index contributed by atoms with van der Waals surface area (Å²) in [5.74, 6) is 0. The molecule has 2 atom stereocenters. The first-order valence-electron chi connectivity index (χ1n) is 5.26. The topological polar surface area (TPSA) is 21.3 Å². The summed E-state index contributed by atoms with van der Waals surface area (Å²) >= 11 is 0. The molecule has 0 amide bonds. The van der Waals surface area contributed by atoms with E-state index in [1.54, 1.807) is 0 Å². The van der Waals surface area contributed by atoms with Crippen molar-refractivity contribution in [2.45, 2.75) is 52.2 Å². The van der Waals surface area contributed by atoms with Crippen LogP contribution in [0.25, 0.3) is 0 Å². The van der Waals surface area contributed by atoms with E-state index >= 15 is 0 Å². The van der Waals surface area contributed by atoms with Crippen molar-refractivity contribution in [2.24, 2.45) is 5.41 Å². The summed E-state index contributed by atoms with van der Waals surface area (Å²) in [6.07, 6.45) is 2.34. The van der Waals surface area contributed by atoms with Gasteiger partial charge in [-0.05, 0) is 26.3 Å². The minimum Gasteiger partial charge on any atom is -0.378 e. The predicted octanol–water partition coefficient (Wildman–Crippen LogP) is 2.19. The smallest absolute Gasteiger partial charge is 0.0731 e. The molecule has 0 aromatic carbocycles. The van der Waals surface area contributed by atoms with Crippen LogP contribution < -0.4 is 5.32 Å². The van der Waals surface area contributed by atoms with Gasteiger partial charge in [0.15, 0.2) is 0 Å². The minimum absolute atomic E-state index is 0.0679. The minimum atomic E-state index is 0.0679. The first-order valence-corrected chi connectivity index (χ1v) is 5.26. The molecule has 0 bridgehead atoms. The van der Waals surface area contributed by atoms with Gasteiger partial charge in [-0.1, -0.05) is 20.8 Å². The van der Waals surface area contributed by atoms with E-state index in [1.165, 1.54) is 6.42 Å². The molecule has 2 nitrogen and oxygen atoms in total. The zero-order chi connectivity index (χ0) is 10.1. The summed E-state index contributed by atoms with van der Waals surface area (Å²) in [5.41, 5.74) is 0.329. The SMILES string of the molecule is CCCNC1CC(C)(OC)C1(C)C. The highest BCUT2D eigenvalue weighted by atomic mass is 16.5.